The molecule has 0 amide bonds. The molecule has 0 radical (unpaired) electrons. The van der Waals surface area contributed by atoms with Crippen LogP contribution in [-0.2, 0) is 10.0 Å². The average Bonchev–Trinajstić information content (AvgIpc) is 3.12. The van der Waals surface area contributed by atoms with Crippen molar-refractivity contribution in [2.75, 3.05) is 6.61 Å². The van der Waals surface area contributed by atoms with Gasteiger partial charge in [0.2, 0.25) is 10.0 Å². The van der Waals surface area contributed by atoms with E-state index in [4.69, 9.17) is 5.11 Å². The van der Waals surface area contributed by atoms with Gasteiger partial charge in [-0.15, -0.1) is 0 Å². The van der Waals surface area contributed by atoms with Crippen molar-refractivity contribution < 1.29 is 22.3 Å². The van der Waals surface area contributed by atoms with Gasteiger partial charge in [-0.1, -0.05) is 25.2 Å². The van der Waals surface area contributed by atoms with Crippen LogP contribution in [-0.4, -0.2) is 26.2 Å². The smallest absolute Gasteiger partial charge is 0.245 e. The number of rotatable bonds is 4. The standard InChI is InChI=1S/C14H15F2NO3S/c1-2-9-7-13(9)17-21(19,20)14-10(4-3-5-18)6-11(15)8-12(14)16/h6,8-9,13,17-18H,2,5,7H2,1H3. The van der Waals surface area contributed by atoms with E-state index in [2.05, 4.69) is 16.6 Å². The lowest BCUT2D eigenvalue weighted by Crippen LogP contribution is -2.28. The van der Waals surface area contributed by atoms with Gasteiger partial charge < -0.3 is 5.11 Å². The van der Waals surface area contributed by atoms with E-state index in [-0.39, 0.29) is 17.5 Å². The fourth-order valence-corrected chi connectivity index (χ4v) is 3.68. The molecule has 0 bridgehead atoms. The Morgan fingerprint density at radius 3 is 2.71 bits per heavy atom. The topological polar surface area (TPSA) is 66.4 Å². The van der Waals surface area contributed by atoms with Crippen LogP contribution in [0.15, 0.2) is 17.0 Å². The fourth-order valence-electron chi connectivity index (χ4n) is 2.16. The molecule has 2 atom stereocenters. The molecule has 2 unspecified atom stereocenters. The predicted molar refractivity (Wildman–Crippen MR) is 72.8 cm³/mol. The molecule has 1 aromatic carbocycles. The molecule has 7 heteroatoms. The number of hydrogen-bond donors (Lipinski definition) is 2. The van der Waals surface area contributed by atoms with Crippen LogP contribution in [0.4, 0.5) is 8.78 Å². The van der Waals surface area contributed by atoms with Crippen molar-refractivity contribution in [1.82, 2.24) is 4.72 Å². The van der Waals surface area contributed by atoms with E-state index in [1.807, 2.05) is 6.92 Å². The lowest BCUT2D eigenvalue weighted by Gasteiger charge is -2.09. The highest BCUT2D eigenvalue weighted by atomic mass is 32.2. The zero-order valence-electron chi connectivity index (χ0n) is 11.4. The van der Waals surface area contributed by atoms with Crippen LogP contribution in [0.25, 0.3) is 0 Å². The van der Waals surface area contributed by atoms with E-state index < -0.39 is 33.2 Å². The van der Waals surface area contributed by atoms with E-state index in [9.17, 15) is 17.2 Å². The van der Waals surface area contributed by atoms with Crippen LogP contribution >= 0.6 is 0 Å². The van der Waals surface area contributed by atoms with Crippen LogP contribution in [0.1, 0.15) is 25.3 Å². The Labute approximate surface area is 122 Å². The summed E-state index contributed by atoms with van der Waals surface area (Å²) in [5, 5.41) is 8.66. The minimum absolute atomic E-state index is 0.219. The quantitative estimate of drug-likeness (QED) is 0.825. The molecule has 2 N–H and O–H groups in total. The van der Waals surface area contributed by atoms with Crippen molar-refractivity contribution in [3.05, 3.63) is 29.3 Å². The van der Waals surface area contributed by atoms with Crippen LogP contribution in [0.3, 0.4) is 0 Å². The van der Waals surface area contributed by atoms with Gasteiger partial charge in [-0.3, -0.25) is 0 Å². The molecule has 0 aliphatic heterocycles. The molecule has 0 heterocycles. The summed E-state index contributed by atoms with van der Waals surface area (Å²) < 4.78 is 54.0. The highest BCUT2D eigenvalue weighted by Crippen LogP contribution is 2.35. The third-order valence-corrected chi connectivity index (χ3v) is 4.90. The Kier molecular flexibility index (Phi) is 4.61. The summed E-state index contributed by atoms with van der Waals surface area (Å²) in [6.45, 7) is 1.40. The molecular weight excluding hydrogens is 300 g/mol. The molecule has 2 rings (SSSR count). The van der Waals surface area contributed by atoms with Gasteiger partial charge in [0, 0.05) is 12.1 Å². The Bertz CT molecular complexity index is 707. The van der Waals surface area contributed by atoms with Gasteiger partial charge in [-0.25, -0.2) is 21.9 Å². The Hall–Kier alpha value is -1.49. The summed E-state index contributed by atoms with van der Waals surface area (Å²) in [6.07, 6.45) is 1.53. The summed E-state index contributed by atoms with van der Waals surface area (Å²) in [6, 6.07) is 1.12. The molecule has 21 heavy (non-hydrogen) atoms. The highest BCUT2D eigenvalue weighted by Gasteiger charge is 2.39. The van der Waals surface area contributed by atoms with Gasteiger partial charge in [0.25, 0.3) is 0 Å². The van der Waals surface area contributed by atoms with Crippen LogP contribution < -0.4 is 4.72 Å². The third-order valence-electron chi connectivity index (χ3n) is 3.33. The molecule has 1 aliphatic carbocycles. The maximum absolute atomic E-state index is 13.9. The normalized spacial score (nSPS) is 20.8. The van der Waals surface area contributed by atoms with Gasteiger partial charge >= 0.3 is 0 Å². The van der Waals surface area contributed by atoms with E-state index >= 15 is 0 Å². The van der Waals surface area contributed by atoms with Crippen LogP contribution in [0.5, 0.6) is 0 Å². The number of nitrogens with one attached hydrogen (secondary N) is 1. The lowest BCUT2D eigenvalue weighted by molar-refractivity contribution is 0.350. The number of benzene rings is 1. The second-order valence-electron chi connectivity index (χ2n) is 4.86. The molecule has 1 aliphatic rings. The molecule has 1 fully saturated rings. The first-order chi connectivity index (χ1) is 9.89. The monoisotopic (exact) mass is 315 g/mol. The van der Waals surface area contributed by atoms with Crippen molar-refractivity contribution >= 4 is 10.0 Å². The summed E-state index contributed by atoms with van der Waals surface area (Å²) >= 11 is 0. The third kappa shape index (κ3) is 3.59. The molecule has 1 saturated carbocycles. The van der Waals surface area contributed by atoms with Gasteiger partial charge in [0.15, 0.2) is 0 Å². The first kappa shape index (κ1) is 15.9. The minimum Gasteiger partial charge on any atom is -0.384 e. The fraction of sp³-hybridized carbons (Fsp3) is 0.429. The first-order valence-corrected chi connectivity index (χ1v) is 7.98. The SMILES string of the molecule is CCC1CC1NS(=O)(=O)c1c(F)cc(F)cc1C#CCO. The Balaban J connectivity index is 2.42. The van der Waals surface area contributed by atoms with Crippen LogP contribution in [0, 0.1) is 29.4 Å². The van der Waals surface area contributed by atoms with Crippen molar-refractivity contribution in [1.29, 1.82) is 0 Å². The van der Waals surface area contributed by atoms with Crippen molar-refractivity contribution in [3.8, 4) is 11.8 Å². The van der Waals surface area contributed by atoms with Gasteiger partial charge in [-0.2, -0.15) is 0 Å². The maximum atomic E-state index is 13.9. The second-order valence-corrected chi connectivity index (χ2v) is 6.51. The Morgan fingerprint density at radius 2 is 2.14 bits per heavy atom. The zero-order chi connectivity index (χ0) is 15.6. The van der Waals surface area contributed by atoms with Crippen molar-refractivity contribution in [3.63, 3.8) is 0 Å². The van der Waals surface area contributed by atoms with Crippen molar-refractivity contribution in [2.45, 2.75) is 30.7 Å². The van der Waals surface area contributed by atoms with Crippen LogP contribution in [0.2, 0.25) is 0 Å². The summed E-state index contributed by atoms with van der Waals surface area (Å²) in [7, 11) is -4.12. The average molecular weight is 315 g/mol. The number of sulfonamides is 1. The summed E-state index contributed by atoms with van der Waals surface area (Å²) in [4.78, 5) is -0.674. The van der Waals surface area contributed by atoms with Gasteiger partial charge in [0.05, 0.1) is 5.56 Å². The molecule has 0 aromatic heterocycles. The predicted octanol–water partition coefficient (Wildman–Crippen LogP) is 1.39. The van der Waals surface area contributed by atoms with E-state index in [0.29, 0.717) is 12.5 Å². The molecular formula is C14H15F2NO3S. The molecule has 4 nitrogen and oxygen atoms in total. The molecule has 114 valence electrons. The van der Waals surface area contributed by atoms with E-state index in [1.165, 1.54) is 0 Å². The first-order valence-electron chi connectivity index (χ1n) is 6.50. The van der Waals surface area contributed by atoms with E-state index in [1.54, 1.807) is 0 Å². The number of aliphatic hydroxyl groups is 1. The lowest BCUT2D eigenvalue weighted by atomic mass is 10.2. The maximum Gasteiger partial charge on any atom is 0.245 e. The minimum atomic E-state index is -4.12. The number of aliphatic hydroxyl groups excluding tert-OH is 1. The van der Waals surface area contributed by atoms with E-state index in [0.717, 1.165) is 12.5 Å². The second kappa shape index (κ2) is 6.10. The largest absolute Gasteiger partial charge is 0.384 e. The number of hydrogen-bond acceptors (Lipinski definition) is 3. The highest BCUT2D eigenvalue weighted by molar-refractivity contribution is 7.89. The number of halogens is 2. The van der Waals surface area contributed by atoms with Crippen molar-refractivity contribution in [2.24, 2.45) is 5.92 Å². The summed E-state index contributed by atoms with van der Waals surface area (Å²) in [5.74, 6) is 2.60. The Morgan fingerprint density at radius 1 is 1.43 bits per heavy atom. The summed E-state index contributed by atoms with van der Waals surface area (Å²) in [5.41, 5.74) is -0.303. The van der Waals surface area contributed by atoms with Gasteiger partial charge in [-0.05, 0) is 18.4 Å². The molecule has 0 spiro atoms. The molecule has 1 aromatic rings. The molecule has 0 saturated heterocycles. The zero-order valence-corrected chi connectivity index (χ0v) is 12.2. The van der Waals surface area contributed by atoms with Gasteiger partial charge in [0.1, 0.15) is 23.1 Å².